The van der Waals surface area contributed by atoms with E-state index in [0.29, 0.717) is 5.56 Å². The molecule has 0 atom stereocenters. The molecule has 0 N–H and O–H groups in total. The Kier molecular flexibility index (Phi) is 6.13. The van der Waals surface area contributed by atoms with Crippen LogP contribution in [0.5, 0.6) is 5.75 Å². The minimum absolute atomic E-state index is 0.185. The molecular weight excluding hydrogens is 364 g/mol. The molecule has 0 amide bonds. The van der Waals surface area contributed by atoms with Gasteiger partial charge in [-0.3, -0.25) is 0 Å². The summed E-state index contributed by atoms with van der Waals surface area (Å²) in [5, 5.41) is 0. The van der Waals surface area contributed by atoms with Crippen LogP contribution in [0, 0.1) is 0 Å². The summed E-state index contributed by atoms with van der Waals surface area (Å²) in [6.45, 7) is 6.27. The van der Waals surface area contributed by atoms with Crippen LogP contribution in [0.25, 0.3) is 0 Å². The van der Waals surface area contributed by atoms with Gasteiger partial charge in [-0.1, -0.05) is 68.4 Å². The predicted octanol–water partition coefficient (Wildman–Crippen LogP) is 5.41. The van der Waals surface area contributed by atoms with E-state index < -0.39 is 11.9 Å². The highest BCUT2D eigenvalue weighted by molar-refractivity contribution is 5.96. The van der Waals surface area contributed by atoms with Crippen LogP contribution in [-0.2, 0) is 10.2 Å². The van der Waals surface area contributed by atoms with E-state index in [9.17, 15) is 9.59 Å². The maximum absolute atomic E-state index is 12.6. The molecule has 29 heavy (non-hydrogen) atoms. The van der Waals surface area contributed by atoms with Crippen LogP contribution in [0.2, 0.25) is 0 Å². The van der Waals surface area contributed by atoms with Crippen molar-refractivity contribution in [1.29, 1.82) is 0 Å². The lowest BCUT2D eigenvalue weighted by molar-refractivity contribution is 0.0520. The molecule has 3 aromatic rings. The lowest BCUT2D eigenvalue weighted by atomic mass is 9.78. The molecule has 0 saturated heterocycles. The topological polar surface area (TPSA) is 52.6 Å². The van der Waals surface area contributed by atoms with Crippen molar-refractivity contribution in [3.8, 4) is 5.75 Å². The second-order valence-electron chi connectivity index (χ2n) is 7.17. The van der Waals surface area contributed by atoms with Crippen molar-refractivity contribution in [2.24, 2.45) is 0 Å². The third-order valence-corrected chi connectivity index (χ3v) is 4.92. The van der Waals surface area contributed by atoms with E-state index in [1.807, 2.05) is 30.3 Å². The van der Waals surface area contributed by atoms with Crippen molar-refractivity contribution >= 4 is 11.9 Å². The minimum atomic E-state index is -0.522. The van der Waals surface area contributed by atoms with Gasteiger partial charge in [-0.25, -0.2) is 9.59 Å². The first-order chi connectivity index (χ1) is 13.9. The largest absolute Gasteiger partial charge is 0.462 e. The standard InChI is InChI=1S/C25H24O4/c1-4-28-24(27)21-12-8-9-13-22(21)29-23(26)18-14-16-20(17-15-18)25(2,3)19-10-6-5-7-11-19/h5-17H,4H2,1-3H3. The van der Waals surface area contributed by atoms with Crippen LogP contribution in [0.15, 0.2) is 78.9 Å². The molecular formula is C25H24O4. The second-order valence-corrected chi connectivity index (χ2v) is 7.17. The zero-order chi connectivity index (χ0) is 20.9. The van der Waals surface area contributed by atoms with Gasteiger partial charge in [0, 0.05) is 5.41 Å². The fourth-order valence-corrected chi connectivity index (χ4v) is 3.14. The first kappa shape index (κ1) is 20.3. The molecule has 0 saturated carbocycles. The Balaban J connectivity index is 1.79. The van der Waals surface area contributed by atoms with Gasteiger partial charge in [-0.2, -0.15) is 0 Å². The molecule has 0 aliphatic heterocycles. The maximum Gasteiger partial charge on any atom is 0.343 e. The Morgan fingerprint density at radius 2 is 1.34 bits per heavy atom. The van der Waals surface area contributed by atoms with E-state index in [4.69, 9.17) is 9.47 Å². The summed E-state index contributed by atoms with van der Waals surface area (Å²) in [5.74, 6) is -0.855. The normalized spacial score (nSPS) is 11.0. The molecule has 0 unspecified atom stereocenters. The van der Waals surface area contributed by atoms with Crippen molar-refractivity contribution in [2.75, 3.05) is 6.61 Å². The van der Waals surface area contributed by atoms with Crippen molar-refractivity contribution in [3.05, 3.63) is 101 Å². The fourth-order valence-electron chi connectivity index (χ4n) is 3.14. The third kappa shape index (κ3) is 4.54. The van der Waals surface area contributed by atoms with Crippen LogP contribution in [0.1, 0.15) is 52.6 Å². The van der Waals surface area contributed by atoms with Gasteiger partial charge >= 0.3 is 11.9 Å². The second kappa shape index (κ2) is 8.74. The Labute approximate surface area is 171 Å². The molecule has 4 nitrogen and oxygen atoms in total. The molecule has 3 aromatic carbocycles. The third-order valence-electron chi connectivity index (χ3n) is 4.92. The zero-order valence-corrected chi connectivity index (χ0v) is 16.8. The number of para-hydroxylation sites is 1. The van der Waals surface area contributed by atoms with E-state index >= 15 is 0 Å². The van der Waals surface area contributed by atoms with Gasteiger partial charge in [-0.15, -0.1) is 0 Å². The minimum Gasteiger partial charge on any atom is -0.462 e. The van der Waals surface area contributed by atoms with Gasteiger partial charge in [0.25, 0.3) is 0 Å². The molecule has 0 heterocycles. The summed E-state index contributed by atoms with van der Waals surface area (Å²) in [7, 11) is 0. The quantitative estimate of drug-likeness (QED) is 0.419. The number of carbonyl (C=O) groups is 2. The molecule has 148 valence electrons. The van der Waals surface area contributed by atoms with E-state index in [2.05, 4.69) is 26.0 Å². The highest BCUT2D eigenvalue weighted by Gasteiger charge is 2.23. The highest BCUT2D eigenvalue weighted by atomic mass is 16.5. The fraction of sp³-hybridized carbons (Fsp3) is 0.200. The van der Waals surface area contributed by atoms with E-state index in [0.717, 1.165) is 5.56 Å². The SMILES string of the molecule is CCOC(=O)c1ccccc1OC(=O)c1ccc(C(C)(C)c2ccccc2)cc1. The molecule has 0 aliphatic carbocycles. The van der Waals surface area contributed by atoms with E-state index in [1.54, 1.807) is 43.3 Å². The molecule has 0 fully saturated rings. The number of hydrogen-bond donors (Lipinski definition) is 0. The number of rotatable bonds is 6. The molecule has 0 spiro atoms. The monoisotopic (exact) mass is 388 g/mol. The number of esters is 2. The Morgan fingerprint density at radius 1 is 0.759 bits per heavy atom. The first-order valence-electron chi connectivity index (χ1n) is 9.58. The van der Waals surface area contributed by atoms with Crippen molar-refractivity contribution in [1.82, 2.24) is 0 Å². The van der Waals surface area contributed by atoms with Gasteiger partial charge in [0.1, 0.15) is 11.3 Å². The van der Waals surface area contributed by atoms with Gasteiger partial charge in [0.05, 0.1) is 12.2 Å². The lowest BCUT2D eigenvalue weighted by Gasteiger charge is -2.26. The smallest absolute Gasteiger partial charge is 0.343 e. The zero-order valence-electron chi connectivity index (χ0n) is 16.8. The number of benzene rings is 3. The molecule has 0 aliphatic rings. The summed E-state index contributed by atoms with van der Waals surface area (Å²) < 4.78 is 10.5. The van der Waals surface area contributed by atoms with Gasteiger partial charge in [0.2, 0.25) is 0 Å². The summed E-state index contributed by atoms with van der Waals surface area (Å²) in [6, 6.07) is 24.1. The van der Waals surface area contributed by atoms with Crippen molar-refractivity contribution in [3.63, 3.8) is 0 Å². The van der Waals surface area contributed by atoms with Gasteiger partial charge < -0.3 is 9.47 Å². The first-order valence-corrected chi connectivity index (χ1v) is 9.58. The Hall–Kier alpha value is -3.40. The van der Waals surface area contributed by atoms with Crippen LogP contribution in [0.3, 0.4) is 0 Å². The van der Waals surface area contributed by atoms with Crippen LogP contribution in [0.4, 0.5) is 0 Å². The molecule has 0 radical (unpaired) electrons. The van der Waals surface area contributed by atoms with Crippen LogP contribution in [-0.4, -0.2) is 18.5 Å². The van der Waals surface area contributed by atoms with Crippen molar-refractivity contribution in [2.45, 2.75) is 26.2 Å². The Morgan fingerprint density at radius 3 is 2.00 bits per heavy atom. The summed E-state index contributed by atoms with van der Waals surface area (Å²) in [6.07, 6.45) is 0. The Bertz CT molecular complexity index is 989. The highest BCUT2D eigenvalue weighted by Crippen LogP contribution is 2.31. The van der Waals surface area contributed by atoms with Gasteiger partial charge in [0.15, 0.2) is 0 Å². The summed E-state index contributed by atoms with van der Waals surface area (Å²) in [5.41, 5.74) is 2.73. The van der Waals surface area contributed by atoms with Crippen molar-refractivity contribution < 1.29 is 19.1 Å². The summed E-state index contributed by atoms with van der Waals surface area (Å²) in [4.78, 5) is 24.7. The molecule has 0 bridgehead atoms. The number of carbonyl (C=O) groups excluding carboxylic acids is 2. The van der Waals surface area contributed by atoms with Crippen LogP contribution < -0.4 is 4.74 Å². The van der Waals surface area contributed by atoms with Crippen LogP contribution >= 0.6 is 0 Å². The average Bonchev–Trinajstić information content (AvgIpc) is 2.75. The maximum atomic E-state index is 12.6. The molecule has 0 aromatic heterocycles. The molecule has 3 rings (SSSR count). The number of ether oxygens (including phenoxy) is 2. The molecule has 4 heteroatoms. The average molecular weight is 388 g/mol. The number of hydrogen-bond acceptors (Lipinski definition) is 4. The summed E-state index contributed by atoms with van der Waals surface area (Å²) >= 11 is 0. The van der Waals surface area contributed by atoms with Gasteiger partial charge in [-0.05, 0) is 42.3 Å². The lowest BCUT2D eigenvalue weighted by Crippen LogP contribution is -2.19. The van der Waals surface area contributed by atoms with E-state index in [-0.39, 0.29) is 23.3 Å². The van der Waals surface area contributed by atoms with E-state index in [1.165, 1.54) is 5.56 Å². The predicted molar refractivity (Wildman–Crippen MR) is 112 cm³/mol.